The summed E-state index contributed by atoms with van der Waals surface area (Å²) in [5, 5.41) is 11.6. The Kier molecular flexibility index (Phi) is 4.72. The number of esters is 1. The van der Waals surface area contributed by atoms with Crippen LogP contribution in [-0.4, -0.2) is 5.97 Å². The molecule has 0 spiro atoms. The van der Waals surface area contributed by atoms with Crippen LogP contribution in [0.4, 0.5) is 0 Å². The van der Waals surface area contributed by atoms with Crippen LogP contribution in [0.5, 0.6) is 11.5 Å². The van der Waals surface area contributed by atoms with Gasteiger partial charge < -0.3 is 14.7 Å². The fraction of sp³-hybridized carbons (Fsp3) is 0.0526. The predicted octanol–water partition coefficient (Wildman–Crippen LogP) is 3.47. The molecule has 0 radical (unpaired) electrons. The molecule has 0 aliphatic carbocycles. The number of ether oxygens (including phenoxy) is 2. The van der Waals surface area contributed by atoms with Crippen LogP contribution in [0.15, 0.2) is 79.0 Å². The summed E-state index contributed by atoms with van der Waals surface area (Å²) < 4.78 is 11.5. The molecule has 24 heavy (non-hydrogen) atoms. The maximum Gasteiger partial charge on any atom is 0.405 e. The molecule has 0 N–H and O–H groups in total. The van der Waals surface area contributed by atoms with Gasteiger partial charge in [-0.25, -0.2) is 4.79 Å². The molecule has 5 nitrogen and oxygen atoms in total. The topological polar surface area (TPSA) is 62.5 Å². The lowest BCUT2D eigenvalue weighted by atomic mass is 10.2. The van der Waals surface area contributed by atoms with Crippen molar-refractivity contribution in [3.63, 3.8) is 0 Å². The molecular weight excluding hydrogens is 306 g/mol. The van der Waals surface area contributed by atoms with E-state index in [0.717, 1.165) is 0 Å². The molecule has 2 aromatic carbocycles. The summed E-state index contributed by atoms with van der Waals surface area (Å²) in [5.74, 6) is 0.608. The van der Waals surface area contributed by atoms with E-state index in [4.69, 9.17) is 9.47 Å². The Morgan fingerprint density at radius 1 is 0.917 bits per heavy atom. The smallest absolute Gasteiger partial charge is 0.405 e. The minimum Gasteiger partial charge on any atom is -0.618 e. The highest BCUT2D eigenvalue weighted by Crippen LogP contribution is 2.25. The van der Waals surface area contributed by atoms with E-state index in [1.54, 1.807) is 18.2 Å². The number of hydrogen-bond donors (Lipinski definition) is 0. The minimum atomic E-state index is -0.680. The molecule has 1 heterocycles. The molecule has 120 valence electrons. The van der Waals surface area contributed by atoms with Gasteiger partial charge in [0.05, 0.1) is 0 Å². The van der Waals surface area contributed by atoms with Gasteiger partial charge in [0.1, 0.15) is 18.1 Å². The lowest BCUT2D eigenvalue weighted by molar-refractivity contribution is -0.608. The fourth-order valence-electron chi connectivity index (χ4n) is 2.14. The van der Waals surface area contributed by atoms with Crippen molar-refractivity contribution >= 4 is 5.97 Å². The number of para-hydroxylation sites is 2. The van der Waals surface area contributed by atoms with Crippen molar-refractivity contribution in [1.29, 1.82) is 0 Å². The highest BCUT2D eigenvalue weighted by atomic mass is 16.5. The Morgan fingerprint density at radius 2 is 1.62 bits per heavy atom. The molecule has 0 aliphatic rings. The van der Waals surface area contributed by atoms with Crippen LogP contribution in [0, 0.1) is 5.21 Å². The van der Waals surface area contributed by atoms with Gasteiger partial charge in [-0.05, 0) is 24.3 Å². The van der Waals surface area contributed by atoms with Gasteiger partial charge >= 0.3 is 11.7 Å². The normalized spacial score (nSPS) is 10.2. The summed E-state index contributed by atoms with van der Waals surface area (Å²) in [5.41, 5.74) is 0.655. The SMILES string of the molecule is O=C(OCc1ccccc1Oc1ccccc1)c1cccc[n+]1[O-]. The average Bonchev–Trinajstić information content (AvgIpc) is 2.62. The number of benzene rings is 2. The fourth-order valence-corrected chi connectivity index (χ4v) is 2.14. The average molecular weight is 321 g/mol. The lowest BCUT2D eigenvalue weighted by Gasteiger charge is -2.11. The molecule has 0 bridgehead atoms. The lowest BCUT2D eigenvalue weighted by Crippen LogP contribution is -2.34. The number of aromatic nitrogens is 1. The Bertz CT molecular complexity index is 834. The predicted molar refractivity (Wildman–Crippen MR) is 87.5 cm³/mol. The number of hydrogen-bond acceptors (Lipinski definition) is 4. The standard InChI is InChI=1S/C19H15NO4/c21-19(17-11-6-7-13-20(17)22)23-14-15-8-4-5-12-18(15)24-16-9-2-1-3-10-16/h1-13H,14H2. The summed E-state index contributed by atoms with van der Waals surface area (Å²) in [6, 6.07) is 21.2. The van der Waals surface area contributed by atoms with Gasteiger partial charge in [-0.2, -0.15) is 4.73 Å². The molecule has 0 unspecified atom stereocenters. The largest absolute Gasteiger partial charge is 0.618 e. The third-order valence-electron chi connectivity index (χ3n) is 3.34. The first-order chi connectivity index (χ1) is 11.7. The molecule has 5 heteroatoms. The zero-order valence-electron chi connectivity index (χ0n) is 12.8. The van der Waals surface area contributed by atoms with Crippen molar-refractivity contribution in [1.82, 2.24) is 0 Å². The van der Waals surface area contributed by atoms with E-state index < -0.39 is 5.97 Å². The third kappa shape index (κ3) is 3.70. The first-order valence-corrected chi connectivity index (χ1v) is 7.40. The van der Waals surface area contributed by atoms with Crippen LogP contribution < -0.4 is 9.47 Å². The molecule has 3 rings (SSSR count). The highest BCUT2D eigenvalue weighted by Gasteiger charge is 2.17. The highest BCUT2D eigenvalue weighted by molar-refractivity contribution is 5.85. The third-order valence-corrected chi connectivity index (χ3v) is 3.34. The van der Waals surface area contributed by atoms with E-state index in [1.165, 1.54) is 12.3 Å². The molecule has 1 aromatic heterocycles. The van der Waals surface area contributed by atoms with Gasteiger partial charge in [0.15, 0.2) is 6.20 Å². The molecule has 0 aliphatic heterocycles. The Hall–Kier alpha value is -3.34. The zero-order chi connectivity index (χ0) is 16.8. The van der Waals surface area contributed by atoms with Crippen LogP contribution in [0.2, 0.25) is 0 Å². The Labute approximate surface area is 139 Å². The zero-order valence-corrected chi connectivity index (χ0v) is 12.8. The summed E-state index contributed by atoms with van der Waals surface area (Å²) >= 11 is 0. The first-order valence-electron chi connectivity index (χ1n) is 7.40. The summed E-state index contributed by atoms with van der Waals surface area (Å²) in [7, 11) is 0. The van der Waals surface area contributed by atoms with Gasteiger partial charge in [0, 0.05) is 17.7 Å². The van der Waals surface area contributed by atoms with Crippen molar-refractivity contribution in [3.8, 4) is 11.5 Å². The maximum atomic E-state index is 12.0. The maximum absolute atomic E-state index is 12.0. The van der Waals surface area contributed by atoms with Crippen molar-refractivity contribution in [2.24, 2.45) is 0 Å². The van der Waals surface area contributed by atoms with E-state index in [1.807, 2.05) is 48.5 Å². The molecule has 0 saturated carbocycles. The minimum absolute atomic E-state index is 0.0106. The quantitative estimate of drug-likeness (QED) is 0.410. The monoisotopic (exact) mass is 321 g/mol. The van der Waals surface area contributed by atoms with Gasteiger partial charge in [-0.3, -0.25) is 0 Å². The second-order valence-corrected chi connectivity index (χ2v) is 5.01. The van der Waals surface area contributed by atoms with E-state index in [0.29, 0.717) is 21.8 Å². The van der Waals surface area contributed by atoms with Crippen LogP contribution in [0.3, 0.4) is 0 Å². The van der Waals surface area contributed by atoms with Gasteiger partial charge in [0.2, 0.25) is 0 Å². The second kappa shape index (κ2) is 7.28. The summed E-state index contributed by atoms with van der Waals surface area (Å²) in [6.45, 7) is 0.0106. The molecule has 3 aromatic rings. The molecule has 0 amide bonds. The number of pyridine rings is 1. The van der Waals surface area contributed by atoms with Crippen LogP contribution in [-0.2, 0) is 11.3 Å². The number of carbonyl (C=O) groups excluding carboxylic acids is 1. The van der Waals surface area contributed by atoms with Gasteiger partial charge in [-0.1, -0.05) is 36.4 Å². The van der Waals surface area contributed by atoms with E-state index >= 15 is 0 Å². The Morgan fingerprint density at radius 3 is 2.42 bits per heavy atom. The molecule has 0 fully saturated rings. The van der Waals surface area contributed by atoms with Crippen LogP contribution >= 0.6 is 0 Å². The van der Waals surface area contributed by atoms with Crippen molar-refractivity contribution < 1.29 is 19.0 Å². The van der Waals surface area contributed by atoms with E-state index in [-0.39, 0.29) is 12.3 Å². The van der Waals surface area contributed by atoms with Gasteiger partial charge in [-0.15, -0.1) is 0 Å². The number of rotatable bonds is 5. The van der Waals surface area contributed by atoms with Crippen molar-refractivity contribution in [2.75, 3.05) is 0 Å². The van der Waals surface area contributed by atoms with E-state index in [2.05, 4.69) is 0 Å². The van der Waals surface area contributed by atoms with Crippen molar-refractivity contribution in [3.05, 3.63) is 95.5 Å². The summed E-state index contributed by atoms with van der Waals surface area (Å²) in [6.07, 6.45) is 1.25. The summed E-state index contributed by atoms with van der Waals surface area (Å²) in [4.78, 5) is 12.0. The molecule has 0 saturated heterocycles. The Balaban J connectivity index is 1.72. The second-order valence-electron chi connectivity index (χ2n) is 5.01. The number of nitrogens with zero attached hydrogens (tertiary/aromatic N) is 1. The molecule has 0 atom stereocenters. The van der Waals surface area contributed by atoms with Crippen LogP contribution in [0.25, 0.3) is 0 Å². The van der Waals surface area contributed by atoms with Crippen molar-refractivity contribution in [2.45, 2.75) is 6.61 Å². The first kappa shape index (κ1) is 15.6. The van der Waals surface area contributed by atoms with Gasteiger partial charge in [0.25, 0.3) is 0 Å². The van der Waals surface area contributed by atoms with Crippen LogP contribution in [0.1, 0.15) is 16.1 Å². The number of carbonyl (C=O) groups is 1. The van der Waals surface area contributed by atoms with E-state index in [9.17, 15) is 10.0 Å². The molecular formula is C19H15NO4.